The quantitative estimate of drug-likeness (QED) is 0.706. The van der Waals surface area contributed by atoms with Gasteiger partial charge in [0.25, 0.3) is 0 Å². The average Bonchev–Trinajstić information content (AvgIpc) is 2.69. The molecule has 0 radical (unpaired) electrons. The lowest BCUT2D eigenvalue weighted by molar-refractivity contribution is -0.142. The lowest BCUT2D eigenvalue weighted by Gasteiger charge is -2.26. The van der Waals surface area contributed by atoms with Crippen LogP contribution in [0.4, 0.5) is 4.79 Å². The fraction of sp³-hybridized carbons (Fsp3) is 0.619. The third-order valence-electron chi connectivity index (χ3n) is 5.64. The van der Waals surface area contributed by atoms with Crippen molar-refractivity contribution in [3.63, 3.8) is 0 Å². The van der Waals surface area contributed by atoms with E-state index in [9.17, 15) is 9.59 Å². The van der Waals surface area contributed by atoms with Crippen LogP contribution >= 0.6 is 0 Å². The Labute approximate surface area is 160 Å². The first-order valence-corrected chi connectivity index (χ1v) is 10.1. The van der Waals surface area contributed by atoms with Gasteiger partial charge >= 0.3 is 12.0 Å². The van der Waals surface area contributed by atoms with Crippen molar-refractivity contribution in [2.24, 2.45) is 5.92 Å². The summed E-state index contributed by atoms with van der Waals surface area (Å²) in [6.07, 6.45) is 9.12. The molecule has 2 aliphatic carbocycles. The van der Waals surface area contributed by atoms with Gasteiger partial charge in [-0.3, -0.25) is 4.79 Å². The van der Waals surface area contributed by atoms with Gasteiger partial charge in [-0.05, 0) is 69.1 Å². The minimum atomic E-state index is -0.728. The van der Waals surface area contributed by atoms with Crippen molar-refractivity contribution in [1.29, 1.82) is 0 Å². The molecule has 1 aromatic rings. The molecule has 0 aromatic heterocycles. The summed E-state index contributed by atoms with van der Waals surface area (Å²) in [5.41, 5.74) is 1.02. The number of nitrogens with one attached hydrogen (secondary N) is 2. The van der Waals surface area contributed by atoms with Crippen LogP contribution in [-0.4, -0.2) is 29.3 Å². The van der Waals surface area contributed by atoms with Crippen LogP contribution < -0.4 is 15.4 Å². The number of rotatable bonds is 6. The Hall–Kier alpha value is -2.24. The zero-order valence-corrected chi connectivity index (χ0v) is 15.8. The second kappa shape index (κ2) is 9.62. The molecule has 0 heterocycles. The van der Waals surface area contributed by atoms with Gasteiger partial charge in [-0.25, -0.2) is 4.79 Å². The molecule has 0 bridgehead atoms. The van der Waals surface area contributed by atoms with Gasteiger partial charge in [-0.2, -0.15) is 0 Å². The number of urea groups is 1. The van der Waals surface area contributed by atoms with Crippen molar-refractivity contribution in [3.05, 3.63) is 29.8 Å². The molecule has 0 spiro atoms. The number of carbonyl (C=O) groups excluding carboxylic acids is 1. The normalized spacial score (nSPS) is 23.4. The highest BCUT2D eigenvalue weighted by Crippen LogP contribution is 2.25. The van der Waals surface area contributed by atoms with Gasteiger partial charge in [0.1, 0.15) is 5.75 Å². The molecule has 148 valence electrons. The largest absolute Gasteiger partial charge is 0.490 e. The van der Waals surface area contributed by atoms with Crippen molar-refractivity contribution < 1.29 is 19.4 Å². The van der Waals surface area contributed by atoms with Crippen molar-refractivity contribution in [2.45, 2.75) is 76.5 Å². The monoisotopic (exact) mass is 374 g/mol. The maximum Gasteiger partial charge on any atom is 0.315 e. The summed E-state index contributed by atoms with van der Waals surface area (Å²) >= 11 is 0. The second-order valence-corrected chi connectivity index (χ2v) is 7.74. The second-order valence-electron chi connectivity index (χ2n) is 7.74. The maximum absolute atomic E-state index is 12.1. The summed E-state index contributed by atoms with van der Waals surface area (Å²) < 4.78 is 6.02. The predicted octanol–water partition coefficient (Wildman–Crippen LogP) is 3.84. The van der Waals surface area contributed by atoms with E-state index in [1.807, 2.05) is 24.3 Å². The predicted molar refractivity (Wildman–Crippen MR) is 103 cm³/mol. The van der Waals surface area contributed by atoms with E-state index in [0.29, 0.717) is 25.5 Å². The number of aliphatic carboxylic acids is 1. The fourth-order valence-corrected chi connectivity index (χ4v) is 3.96. The number of amides is 2. The summed E-state index contributed by atoms with van der Waals surface area (Å²) in [7, 11) is 0. The van der Waals surface area contributed by atoms with E-state index in [-0.39, 0.29) is 18.0 Å². The Kier molecular flexibility index (Phi) is 6.96. The van der Waals surface area contributed by atoms with Gasteiger partial charge < -0.3 is 20.5 Å². The van der Waals surface area contributed by atoms with E-state index < -0.39 is 5.97 Å². The molecule has 0 atom stereocenters. The molecule has 0 unspecified atom stereocenters. The summed E-state index contributed by atoms with van der Waals surface area (Å²) in [6, 6.07) is 7.77. The minimum Gasteiger partial charge on any atom is -0.490 e. The van der Waals surface area contributed by atoms with Crippen LogP contribution in [0.3, 0.4) is 0 Å². The van der Waals surface area contributed by atoms with E-state index in [1.54, 1.807) is 0 Å². The molecule has 6 nitrogen and oxygen atoms in total. The number of hydrogen-bond donors (Lipinski definition) is 3. The zero-order valence-electron chi connectivity index (χ0n) is 15.8. The number of carboxylic acids is 1. The molecule has 6 heteroatoms. The lowest BCUT2D eigenvalue weighted by atomic mass is 9.86. The zero-order chi connectivity index (χ0) is 19.1. The maximum atomic E-state index is 12.1. The highest BCUT2D eigenvalue weighted by atomic mass is 16.5. The van der Waals surface area contributed by atoms with Gasteiger partial charge in [-0.1, -0.05) is 18.6 Å². The number of carboxylic acid groups (broad SMARTS) is 1. The van der Waals surface area contributed by atoms with Gasteiger partial charge in [0.15, 0.2) is 0 Å². The lowest BCUT2D eigenvalue weighted by Crippen LogP contribution is -2.43. The summed E-state index contributed by atoms with van der Waals surface area (Å²) in [5, 5.41) is 14.8. The highest BCUT2D eigenvalue weighted by molar-refractivity contribution is 5.74. The smallest absolute Gasteiger partial charge is 0.315 e. The first kappa shape index (κ1) is 19.5. The number of carbonyl (C=O) groups is 2. The standard InChI is InChI=1S/C21H30N2O4/c24-20(25)16-8-10-17(11-9-16)23-21(26)22-14-15-6-12-19(13-7-15)27-18-4-2-1-3-5-18/h6-7,12-13,16-18H,1-5,8-11,14H2,(H,24,25)(H2,22,23,26). The molecule has 1 aromatic carbocycles. The molecular formula is C21H30N2O4. The van der Waals surface area contributed by atoms with E-state index in [4.69, 9.17) is 9.84 Å². The Morgan fingerprint density at radius 2 is 1.63 bits per heavy atom. The molecule has 0 saturated heterocycles. The number of hydrogen-bond acceptors (Lipinski definition) is 3. The van der Waals surface area contributed by atoms with Crippen LogP contribution in [0.5, 0.6) is 5.75 Å². The number of ether oxygens (including phenoxy) is 1. The van der Waals surface area contributed by atoms with Crippen LogP contribution in [0.2, 0.25) is 0 Å². The molecule has 0 aliphatic heterocycles. The average molecular weight is 374 g/mol. The van der Waals surface area contributed by atoms with E-state index >= 15 is 0 Å². The third-order valence-corrected chi connectivity index (χ3v) is 5.64. The fourth-order valence-electron chi connectivity index (χ4n) is 3.96. The Balaban J connectivity index is 1.37. The van der Waals surface area contributed by atoms with Crippen LogP contribution in [0.25, 0.3) is 0 Å². The van der Waals surface area contributed by atoms with Crippen LogP contribution in [-0.2, 0) is 11.3 Å². The first-order chi connectivity index (χ1) is 13.1. The van der Waals surface area contributed by atoms with Gasteiger partial charge in [0, 0.05) is 12.6 Å². The van der Waals surface area contributed by atoms with E-state index in [0.717, 1.165) is 37.0 Å². The Morgan fingerprint density at radius 1 is 0.963 bits per heavy atom. The highest BCUT2D eigenvalue weighted by Gasteiger charge is 2.26. The van der Waals surface area contributed by atoms with Crippen molar-refractivity contribution in [1.82, 2.24) is 10.6 Å². The molecule has 2 amide bonds. The summed E-state index contributed by atoms with van der Waals surface area (Å²) in [4.78, 5) is 23.0. The molecule has 3 N–H and O–H groups in total. The molecule has 2 fully saturated rings. The van der Waals surface area contributed by atoms with Crippen molar-refractivity contribution in [3.8, 4) is 5.75 Å². The summed E-state index contributed by atoms with van der Waals surface area (Å²) in [5.74, 6) is -0.0976. The van der Waals surface area contributed by atoms with E-state index in [1.165, 1.54) is 19.3 Å². The molecule has 2 aliphatic rings. The third kappa shape index (κ3) is 6.15. The minimum absolute atomic E-state index is 0.0619. The first-order valence-electron chi connectivity index (χ1n) is 10.1. The Morgan fingerprint density at radius 3 is 2.26 bits per heavy atom. The van der Waals surface area contributed by atoms with Crippen LogP contribution in [0, 0.1) is 5.92 Å². The number of benzene rings is 1. The van der Waals surface area contributed by atoms with Crippen molar-refractivity contribution >= 4 is 12.0 Å². The topological polar surface area (TPSA) is 87.7 Å². The van der Waals surface area contributed by atoms with E-state index in [2.05, 4.69) is 10.6 Å². The van der Waals surface area contributed by atoms with Gasteiger partial charge in [0.2, 0.25) is 0 Å². The van der Waals surface area contributed by atoms with Crippen molar-refractivity contribution in [2.75, 3.05) is 0 Å². The van der Waals surface area contributed by atoms with Crippen LogP contribution in [0.15, 0.2) is 24.3 Å². The molecule has 27 heavy (non-hydrogen) atoms. The molecule has 3 rings (SSSR count). The Bertz CT molecular complexity index is 618. The molecule has 2 saturated carbocycles. The molecular weight excluding hydrogens is 344 g/mol. The van der Waals surface area contributed by atoms with Crippen LogP contribution in [0.1, 0.15) is 63.4 Å². The SMILES string of the molecule is O=C(NCc1ccc(OC2CCCCC2)cc1)NC1CCC(C(=O)O)CC1. The summed E-state index contributed by atoms with van der Waals surface area (Å²) in [6.45, 7) is 0.458. The van der Waals surface area contributed by atoms with Gasteiger partial charge in [-0.15, -0.1) is 0 Å². The van der Waals surface area contributed by atoms with Gasteiger partial charge in [0.05, 0.1) is 12.0 Å².